The molecule has 0 aliphatic heterocycles. The van der Waals surface area contributed by atoms with Crippen LogP contribution in [-0.2, 0) is 12.8 Å². The summed E-state index contributed by atoms with van der Waals surface area (Å²) in [7, 11) is 0. The molecule has 3 rings (SSSR count). The molecule has 1 aliphatic rings. The van der Waals surface area contributed by atoms with Gasteiger partial charge in [0.05, 0.1) is 5.69 Å². The van der Waals surface area contributed by atoms with Crippen LogP contribution in [0.1, 0.15) is 48.3 Å². The molecule has 1 heterocycles. The van der Waals surface area contributed by atoms with Gasteiger partial charge in [-0.2, -0.15) is 0 Å². The first-order chi connectivity index (χ1) is 10.2. The Morgan fingerprint density at radius 1 is 1.29 bits per heavy atom. The van der Waals surface area contributed by atoms with Gasteiger partial charge in [0.1, 0.15) is 0 Å². The van der Waals surface area contributed by atoms with Crippen molar-refractivity contribution in [2.75, 3.05) is 0 Å². The van der Waals surface area contributed by atoms with Crippen molar-refractivity contribution in [3.05, 3.63) is 65.0 Å². The maximum Gasteiger partial charge on any atom is 0.0602 e. The van der Waals surface area contributed by atoms with Crippen LogP contribution in [0.5, 0.6) is 0 Å². The Morgan fingerprint density at radius 2 is 2.10 bits per heavy atom. The molecule has 0 amide bonds. The number of nitrogens with zero attached hydrogens (tertiary/aromatic N) is 1. The van der Waals surface area contributed by atoms with Crippen LogP contribution in [0.15, 0.2) is 42.6 Å². The van der Waals surface area contributed by atoms with Crippen molar-refractivity contribution in [1.29, 1.82) is 0 Å². The van der Waals surface area contributed by atoms with Crippen LogP contribution in [0.2, 0.25) is 0 Å². The topological polar surface area (TPSA) is 50.9 Å². The number of fused-ring (bicyclic) bond motifs is 1. The third-order valence-electron chi connectivity index (χ3n) is 4.47. The van der Waals surface area contributed by atoms with E-state index in [-0.39, 0.29) is 18.1 Å². The summed E-state index contributed by atoms with van der Waals surface area (Å²) in [6, 6.07) is 13.2. The average molecular weight is 281 g/mol. The van der Waals surface area contributed by atoms with Crippen molar-refractivity contribution < 1.29 is 0 Å². The summed E-state index contributed by atoms with van der Waals surface area (Å²) >= 11 is 0. The second kappa shape index (κ2) is 5.96. The lowest BCUT2D eigenvalue weighted by Crippen LogP contribution is -2.38. The van der Waals surface area contributed by atoms with Crippen LogP contribution < -0.4 is 11.1 Å². The predicted molar refractivity (Wildman–Crippen MR) is 86.0 cm³/mol. The molecule has 0 radical (unpaired) electrons. The Morgan fingerprint density at radius 3 is 2.86 bits per heavy atom. The van der Waals surface area contributed by atoms with Crippen LogP contribution >= 0.6 is 0 Å². The number of nitrogens with two attached hydrogens (primary N) is 1. The number of hydrogen-bond donors (Lipinski definition) is 2. The Hall–Kier alpha value is -1.71. The maximum absolute atomic E-state index is 6.40. The Kier molecular flexibility index (Phi) is 4.04. The smallest absolute Gasteiger partial charge is 0.0602 e. The van der Waals surface area contributed by atoms with Crippen LogP contribution in [0.4, 0.5) is 0 Å². The molecule has 3 nitrogen and oxygen atoms in total. The molecule has 21 heavy (non-hydrogen) atoms. The van der Waals surface area contributed by atoms with Crippen molar-refractivity contribution in [1.82, 2.24) is 10.3 Å². The molecule has 2 aromatic rings. The molecule has 1 aliphatic carbocycles. The predicted octanol–water partition coefficient (Wildman–Crippen LogP) is 2.92. The van der Waals surface area contributed by atoms with Gasteiger partial charge >= 0.3 is 0 Å². The molecule has 1 aromatic carbocycles. The molecular weight excluding hydrogens is 258 g/mol. The third-order valence-corrected chi connectivity index (χ3v) is 4.47. The number of benzene rings is 1. The summed E-state index contributed by atoms with van der Waals surface area (Å²) in [6.45, 7) is 4.35. The lowest BCUT2D eigenvalue weighted by molar-refractivity contribution is 0.412. The quantitative estimate of drug-likeness (QED) is 0.906. The number of rotatable bonds is 4. The van der Waals surface area contributed by atoms with Crippen LogP contribution in [0.3, 0.4) is 0 Å². The van der Waals surface area contributed by atoms with Gasteiger partial charge in [0.25, 0.3) is 0 Å². The van der Waals surface area contributed by atoms with Gasteiger partial charge in [-0.05, 0) is 42.5 Å². The average Bonchev–Trinajstić information content (AvgIpc) is 2.84. The van der Waals surface area contributed by atoms with Gasteiger partial charge in [-0.3, -0.25) is 4.98 Å². The summed E-state index contributed by atoms with van der Waals surface area (Å²) in [5.74, 6) is 0. The summed E-state index contributed by atoms with van der Waals surface area (Å²) < 4.78 is 0. The minimum atomic E-state index is 0.0671. The van der Waals surface area contributed by atoms with Crippen molar-refractivity contribution in [3.8, 4) is 0 Å². The van der Waals surface area contributed by atoms with Gasteiger partial charge < -0.3 is 11.1 Å². The number of aromatic nitrogens is 1. The summed E-state index contributed by atoms with van der Waals surface area (Å²) in [6.07, 6.45) is 3.87. The Balaban J connectivity index is 1.76. The van der Waals surface area contributed by atoms with Crippen molar-refractivity contribution in [2.24, 2.45) is 5.73 Å². The molecule has 0 saturated carbocycles. The summed E-state index contributed by atoms with van der Waals surface area (Å²) in [4.78, 5) is 4.56. The second-order valence-electron chi connectivity index (χ2n) is 5.82. The molecule has 3 heteroatoms. The summed E-state index contributed by atoms with van der Waals surface area (Å²) in [5, 5.41) is 3.68. The zero-order chi connectivity index (χ0) is 14.8. The highest BCUT2D eigenvalue weighted by molar-refractivity contribution is 5.37. The highest BCUT2D eigenvalue weighted by Crippen LogP contribution is 2.31. The van der Waals surface area contributed by atoms with Crippen LogP contribution in [-0.4, -0.2) is 11.0 Å². The van der Waals surface area contributed by atoms with Crippen LogP contribution in [0.25, 0.3) is 0 Å². The van der Waals surface area contributed by atoms with E-state index in [4.69, 9.17) is 5.73 Å². The largest absolute Gasteiger partial charge is 0.323 e. The summed E-state index contributed by atoms with van der Waals surface area (Å²) in [5.41, 5.74) is 11.5. The van der Waals surface area contributed by atoms with Crippen LogP contribution in [0, 0.1) is 0 Å². The van der Waals surface area contributed by atoms with E-state index in [1.807, 2.05) is 12.3 Å². The minimum absolute atomic E-state index is 0.0671. The van der Waals surface area contributed by atoms with E-state index in [1.165, 1.54) is 16.7 Å². The molecule has 0 saturated heterocycles. The van der Waals surface area contributed by atoms with Gasteiger partial charge in [0.2, 0.25) is 0 Å². The Labute approximate surface area is 126 Å². The van der Waals surface area contributed by atoms with Crippen molar-refractivity contribution >= 4 is 0 Å². The van der Waals surface area contributed by atoms with E-state index in [9.17, 15) is 0 Å². The van der Waals surface area contributed by atoms with E-state index >= 15 is 0 Å². The molecule has 110 valence electrons. The molecule has 1 unspecified atom stereocenters. The fourth-order valence-electron chi connectivity index (χ4n) is 3.33. The standard InChI is InChI=1S/C18H23N3/c1-3-13-8-6-10-20-18(13)12(2)21-16-11-14-7-4-5-9-15(14)17(16)19/h4-10,12,16-17,21H,3,11,19H2,1-2H3/t12?,16-,17-/m1/s1. The van der Waals surface area contributed by atoms with Crippen molar-refractivity contribution in [3.63, 3.8) is 0 Å². The van der Waals surface area contributed by atoms with Gasteiger partial charge in [-0.1, -0.05) is 37.3 Å². The highest BCUT2D eigenvalue weighted by atomic mass is 15.0. The first-order valence-corrected chi connectivity index (χ1v) is 7.74. The number of nitrogens with one attached hydrogen (secondary N) is 1. The van der Waals surface area contributed by atoms with E-state index in [2.05, 4.69) is 54.5 Å². The van der Waals surface area contributed by atoms with Gasteiger partial charge in [0.15, 0.2) is 0 Å². The molecule has 0 fully saturated rings. The molecule has 3 atom stereocenters. The zero-order valence-electron chi connectivity index (χ0n) is 12.7. The Bertz CT molecular complexity index is 623. The first kappa shape index (κ1) is 14.2. The van der Waals surface area contributed by atoms with Gasteiger partial charge in [-0.15, -0.1) is 0 Å². The van der Waals surface area contributed by atoms with E-state index in [0.717, 1.165) is 18.5 Å². The number of aryl methyl sites for hydroxylation is 1. The van der Waals surface area contributed by atoms with E-state index < -0.39 is 0 Å². The number of pyridine rings is 1. The van der Waals surface area contributed by atoms with E-state index in [1.54, 1.807) is 0 Å². The van der Waals surface area contributed by atoms with E-state index in [0.29, 0.717) is 0 Å². The number of hydrogen-bond acceptors (Lipinski definition) is 3. The zero-order valence-corrected chi connectivity index (χ0v) is 12.7. The minimum Gasteiger partial charge on any atom is -0.323 e. The molecular formula is C18H23N3. The maximum atomic E-state index is 6.40. The molecule has 0 spiro atoms. The molecule has 3 N–H and O–H groups in total. The lowest BCUT2D eigenvalue weighted by Gasteiger charge is -2.24. The fraction of sp³-hybridized carbons (Fsp3) is 0.389. The molecule has 1 aromatic heterocycles. The normalized spacial score (nSPS) is 22.0. The first-order valence-electron chi connectivity index (χ1n) is 7.74. The van der Waals surface area contributed by atoms with Gasteiger partial charge in [-0.25, -0.2) is 0 Å². The third kappa shape index (κ3) is 2.71. The lowest BCUT2D eigenvalue weighted by atomic mass is 10.0. The second-order valence-corrected chi connectivity index (χ2v) is 5.82. The SMILES string of the molecule is CCc1cccnc1C(C)N[C@@H]1Cc2ccccc2[C@H]1N. The fourth-order valence-corrected chi connectivity index (χ4v) is 3.33. The molecule has 0 bridgehead atoms. The van der Waals surface area contributed by atoms with Gasteiger partial charge in [0, 0.05) is 24.3 Å². The highest BCUT2D eigenvalue weighted by Gasteiger charge is 2.30. The monoisotopic (exact) mass is 281 g/mol. The van der Waals surface area contributed by atoms with Crippen molar-refractivity contribution in [2.45, 2.75) is 44.8 Å².